The van der Waals surface area contributed by atoms with Crippen LogP contribution >= 0.6 is 23.2 Å². The van der Waals surface area contributed by atoms with Crippen molar-refractivity contribution in [3.05, 3.63) is 65.1 Å². The first-order valence-electron chi connectivity index (χ1n) is 5.58. The molecule has 0 amide bonds. The average molecular weight is 306 g/mol. The molecule has 0 N–H and O–H groups in total. The Morgan fingerprint density at radius 2 is 1.68 bits per heavy atom. The summed E-state index contributed by atoms with van der Waals surface area (Å²) < 4.78 is 40.3. The molecule has 1 atom stereocenters. The smallest absolute Gasteiger partial charge is 0.168 e. The molecule has 1 aliphatic rings. The number of hydrogen-bond donors (Lipinski definition) is 0. The van der Waals surface area contributed by atoms with Crippen molar-refractivity contribution >= 4 is 23.2 Å². The Labute approximate surface area is 119 Å². The predicted molar refractivity (Wildman–Crippen MR) is 71.2 cm³/mol. The highest BCUT2D eigenvalue weighted by atomic mass is 35.5. The minimum atomic E-state index is -4.60. The molecule has 2 rings (SSSR count). The van der Waals surface area contributed by atoms with Gasteiger partial charge in [-0.05, 0) is 36.1 Å². The van der Waals surface area contributed by atoms with Crippen LogP contribution in [-0.4, -0.2) is 6.18 Å². The first-order chi connectivity index (χ1) is 8.85. The fraction of sp³-hybridized carbons (Fsp3) is 0.214. The highest BCUT2D eigenvalue weighted by Gasteiger charge is 2.56. The van der Waals surface area contributed by atoms with E-state index in [1.54, 1.807) is 12.5 Å². The third-order valence-corrected chi connectivity index (χ3v) is 3.82. The number of alkyl halides is 4. The van der Waals surface area contributed by atoms with Crippen molar-refractivity contribution in [3.8, 4) is 0 Å². The van der Waals surface area contributed by atoms with Gasteiger partial charge in [0.25, 0.3) is 0 Å². The first kappa shape index (κ1) is 14.5. The van der Waals surface area contributed by atoms with Crippen LogP contribution in [0, 0.1) is 6.42 Å². The van der Waals surface area contributed by atoms with Crippen LogP contribution in [0.4, 0.5) is 13.2 Å². The highest BCUT2D eigenvalue weighted by molar-refractivity contribution is 6.30. The largest absolute Gasteiger partial charge is 0.415 e. The Morgan fingerprint density at radius 1 is 1.05 bits per heavy atom. The molecule has 0 saturated carbocycles. The van der Waals surface area contributed by atoms with Gasteiger partial charge >= 0.3 is 6.18 Å². The summed E-state index contributed by atoms with van der Waals surface area (Å²) in [6, 6.07) is 5.41. The molecular formula is C14H10Cl2F3. The normalized spacial score (nSPS) is 18.9. The van der Waals surface area contributed by atoms with Crippen molar-refractivity contribution in [1.82, 2.24) is 0 Å². The van der Waals surface area contributed by atoms with Gasteiger partial charge in [0.1, 0.15) is 0 Å². The van der Waals surface area contributed by atoms with E-state index in [4.69, 9.17) is 23.2 Å². The molecule has 0 spiro atoms. The summed E-state index contributed by atoms with van der Waals surface area (Å²) in [4.78, 5) is -2.54. The Morgan fingerprint density at radius 3 is 2.16 bits per heavy atom. The maximum Gasteiger partial charge on any atom is 0.415 e. The summed E-state index contributed by atoms with van der Waals surface area (Å²) in [5, 5.41) is 0.367. The summed E-state index contributed by atoms with van der Waals surface area (Å²) in [5.74, 6) is 0. The van der Waals surface area contributed by atoms with Crippen molar-refractivity contribution < 1.29 is 13.2 Å². The van der Waals surface area contributed by atoms with Crippen LogP contribution < -0.4 is 0 Å². The monoisotopic (exact) mass is 305 g/mol. The fourth-order valence-corrected chi connectivity index (χ4v) is 2.33. The second-order valence-corrected chi connectivity index (χ2v) is 5.16. The third kappa shape index (κ3) is 2.67. The van der Waals surface area contributed by atoms with E-state index in [0.717, 1.165) is 0 Å². The van der Waals surface area contributed by atoms with E-state index in [0.29, 0.717) is 11.4 Å². The molecule has 1 aliphatic carbocycles. The van der Waals surface area contributed by atoms with Gasteiger partial charge in [0, 0.05) is 5.02 Å². The second-order valence-electron chi connectivity index (χ2n) is 4.15. The minimum absolute atomic E-state index is 0.0338. The lowest BCUT2D eigenvalue weighted by Gasteiger charge is -2.32. The van der Waals surface area contributed by atoms with Crippen LogP contribution in [0.2, 0.25) is 5.02 Å². The number of halogens is 5. The molecule has 0 bridgehead atoms. The van der Waals surface area contributed by atoms with E-state index < -0.39 is 11.1 Å². The number of hydrogen-bond acceptors (Lipinski definition) is 0. The molecule has 1 aromatic carbocycles. The average Bonchev–Trinajstić information content (AvgIpc) is 2.38. The molecule has 1 radical (unpaired) electrons. The summed E-state index contributed by atoms with van der Waals surface area (Å²) in [7, 11) is 0. The summed E-state index contributed by atoms with van der Waals surface area (Å²) in [6.07, 6.45) is 2.04. The van der Waals surface area contributed by atoms with Crippen LogP contribution in [0.1, 0.15) is 12.0 Å². The van der Waals surface area contributed by atoms with Crippen molar-refractivity contribution in [2.24, 2.45) is 0 Å². The molecule has 0 saturated heterocycles. The lowest BCUT2D eigenvalue weighted by molar-refractivity contribution is -0.154. The number of rotatable bonds is 2. The van der Waals surface area contributed by atoms with Gasteiger partial charge in [0.15, 0.2) is 4.87 Å². The highest BCUT2D eigenvalue weighted by Crippen LogP contribution is 2.51. The number of allylic oxidation sites excluding steroid dienone is 4. The maximum absolute atomic E-state index is 13.4. The molecule has 0 nitrogen and oxygen atoms in total. The van der Waals surface area contributed by atoms with E-state index in [1.165, 1.54) is 36.4 Å². The zero-order valence-corrected chi connectivity index (χ0v) is 11.2. The van der Waals surface area contributed by atoms with E-state index in [9.17, 15) is 13.2 Å². The van der Waals surface area contributed by atoms with Gasteiger partial charge in [0.05, 0.1) is 0 Å². The lowest BCUT2D eigenvalue weighted by Crippen LogP contribution is -2.38. The minimum Gasteiger partial charge on any atom is -0.168 e. The van der Waals surface area contributed by atoms with E-state index in [2.05, 4.69) is 0 Å². The third-order valence-electron chi connectivity index (χ3n) is 2.92. The van der Waals surface area contributed by atoms with Gasteiger partial charge in [-0.2, -0.15) is 13.2 Å². The molecule has 0 aromatic heterocycles. The standard InChI is InChI=1S/C14H10Cl2F3/c15-12-8-6-11(7-9-12)13(16,14(17,18)19)10-4-2-1-3-5-10/h1-2,4-9H,3H2. The van der Waals surface area contributed by atoms with Crippen LogP contribution in [0.5, 0.6) is 0 Å². The summed E-state index contributed by atoms with van der Waals surface area (Å²) in [5.41, 5.74) is -0.00430. The molecule has 19 heavy (non-hydrogen) atoms. The zero-order chi connectivity index (χ0) is 14.1. The van der Waals surface area contributed by atoms with Crippen LogP contribution in [0.3, 0.4) is 0 Å². The molecule has 0 aliphatic heterocycles. The van der Waals surface area contributed by atoms with E-state index in [1.807, 2.05) is 0 Å². The van der Waals surface area contributed by atoms with Gasteiger partial charge in [0.2, 0.25) is 0 Å². The van der Waals surface area contributed by atoms with Gasteiger partial charge in [-0.15, -0.1) is 0 Å². The zero-order valence-electron chi connectivity index (χ0n) is 9.72. The molecule has 101 valence electrons. The SMILES string of the molecule is FC(F)(F)C(Cl)(C1=CC[CH]C=C1)c1ccc(Cl)cc1. The molecule has 0 heterocycles. The Kier molecular flexibility index (Phi) is 3.98. The van der Waals surface area contributed by atoms with Gasteiger partial charge in [-0.1, -0.05) is 53.6 Å². The molecular weight excluding hydrogens is 296 g/mol. The van der Waals surface area contributed by atoms with E-state index in [-0.39, 0.29) is 11.1 Å². The van der Waals surface area contributed by atoms with Gasteiger partial charge in [-0.3, -0.25) is 0 Å². The summed E-state index contributed by atoms with van der Waals surface area (Å²) >= 11 is 11.7. The van der Waals surface area contributed by atoms with Crippen molar-refractivity contribution in [3.63, 3.8) is 0 Å². The van der Waals surface area contributed by atoms with Crippen molar-refractivity contribution in [1.29, 1.82) is 0 Å². The molecule has 1 aromatic rings. The Balaban J connectivity index is 2.55. The Hall–Kier alpha value is -0.930. The second kappa shape index (κ2) is 5.22. The van der Waals surface area contributed by atoms with E-state index >= 15 is 0 Å². The fourth-order valence-electron chi connectivity index (χ4n) is 1.94. The topological polar surface area (TPSA) is 0 Å². The lowest BCUT2D eigenvalue weighted by atomic mass is 9.86. The van der Waals surface area contributed by atoms with Crippen LogP contribution in [0.25, 0.3) is 0 Å². The molecule has 0 fully saturated rings. The summed E-state index contributed by atoms with van der Waals surface area (Å²) in [6.45, 7) is 0. The van der Waals surface area contributed by atoms with Crippen LogP contribution in [-0.2, 0) is 4.87 Å². The molecule has 1 unspecified atom stereocenters. The first-order valence-corrected chi connectivity index (χ1v) is 6.33. The van der Waals surface area contributed by atoms with Crippen molar-refractivity contribution in [2.75, 3.05) is 0 Å². The van der Waals surface area contributed by atoms with Crippen LogP contribution in [0.15, 0.2) is 48.1 Å². The predicted octanol–water partition coefficient (Wildman–Crippen LogP) is 5.43. The quantitative estimate of drug-likeness (QED) is 0.639. The Bertz CT molecular complexity index is 514. The maximum atomic E-state index is 13.4. The number of benzene rings is 1. The van der Waals surface area contributed by atoms with Gasteiger partial charge in [-0.25, -0.2) is 0 Å². The van der Waals surface area contributed by atoms with Crippen molar-refractivity contribution in [2.45, 2.75) is 17.5 Å². The molecule has 5 heteroatoms. The van der Waals surface area contributed by atoms with Gasteiger partial charge < -0.3 is 0 Å².